The molecule has 0 fully saturated rings. The number of aromatic nitrogens is 1. The summed E-state index contributed by atoms with van der Waals surface area (Å²) in [6, 6.07) is 18.6. The van der Waals surface area contributed by atoms with Gasteiger partial charge in [-0.25, -0.2) is 0 Å². The second kappa shape index (κ2) is 7.28. The number of nitrogens with zero attached hydrogens (tertiary/aromatic N) is 1. The monoisotopic (exact) mass is 319 g/mol. The molecule has 5 nitrogen and oxygen atoms in total. The van der Waals surface area contributed by atoms with Crippen LogP contribution in [0.3, 0.4) is 0 Å². The number of nitrogens with one attached hydrogen (secondary N) is 2. The number of carbonyl (C=O) groups excluding carboxylic acids is 1. The largest absolute Gasteiger partial charge is 0.497 e. The molecule has 0 unspecified atom stereocenters. The van der Waals surface area contributed by atoms with Crippen molar-refractivity contribution < 1.29 is 9.53 Å². The first-order chi connectivity index (χ1) is 11.7. The van der Waals surface area contributed by atoms with Crippen LogP contribution in [0.5, 0.6) is 5.75 Å². The van der Waals surface area contributed by atoms with Crippen molar-refractivity contribution in [2.24, 2.45) is 0 Å². The van der Waals surface area contributed by atoms with Gasteiger partial charge in [0.05, 0.1) is 24.6 Å². The summed E-state index contributed by atoms with van der Waals surface area (Å²) < 4.78 is 5.20. The summed E-state index contributed by atoms with van der Waals surface area (Å²) in [6.07, 6.45) is 3.20. The summed E-state index contributed by atoms with van der Waals surface area (Å²) >= 11 is 0. The lowest BCUT2D eigenvalue weighted by Crippen LogP contribution is -2.12. The molecule has 0 aliphatic carbocycles. The molecule has 3 rings (SSSR count). The first-order valence-corrected chi connectivity index (χ1v) is 7.47. The van der Waals surface area contributed by atoms with Gasteiger partial charge in [0.25, 0.3) is 5.91 Å². The number of methoxy groups -OCH3 is 1. The fraction of sp³-hybridized carbons (Fsp3) is 0.0526. The molecule has 2 aromatic carbocycles. The van der Waals surface area contributed by atoms with Crippen LogP contribution in [0.15, 0.2) is 73.1 Å². The molecule has 3 aromatic rings. The normalized spacial score (nSPS) is 10.0. The molecular formula is C19H17N3O2. The van der Waals surface area contributed by atoms with Gasteiger partial charge in [0.1, 0.15) is 5.75 Å². The topological polar surface area (TPSA) is 63.2 Å². The smallest absolute Gasteiger partial charge is 0.257 e. The third-order valence-corrected chi connectivity index (χ3v) is 3.39. The zero-order valence-corrected chi connectivity index (χ0v) is 13.2. The quantitative estimate of drug-likeness (QED) is 0.743. The molecule has 1 heterocycles. The van der Waals surface area contributed by atoms with E-state index in [1.807, 2.05) is 54.6 Å². The number of benzene rings is 2. The van der Waals surface area contributed by atoms with Gasteiger partial charge in [-0.05, 0) is 30.3 Å². The highest BCUT2D eigenvalue weighted by atomic mass is 16.5. The van der Waals surface area contributed by atoms with Gasteiger partial charge in [-0.15, -0.1) is 0 Å². The summed E-state index contributed by atoms with van der Waals surface area (Å²) in [6.45, 7) is 0. The molecule has 0 atom stereocenters. The van der Waals surface area contributed by atoms with E-state index in [9.17, 15) is 4.79 Å². The van der Waals surface area contributed by atoms with Crippen LogP contribution in [-0.4, -0.2) is 18.0 Å². The Labute approximate surface area is 140 Å². The van der Waals surface area contributed by atoms with Gasteiger partial charge >= 0.3 is 0 Å². The van der Waals surface area contributed by atoms with E-state index in [0.717, 1.165) is 22.8 Å². The summed E-state index contributed by atoms with van der Waals surface area (Å²) in [5.41, 5.74) is 2.81. The van der Waals surface area contributed by atoms with Crippen molar-refractivity contribution in [2.45, 2.75) is 0 Å². The average Bonchev–Trinajstić information content (AvgIpc) is 2.63. The van der Waals surface area contributed by atoms with Gasteiger partial charge in [0.15, 0.2) is 0 Å². The van der Waals surface area contributed by atoms with Crippen LogP contribution < -0.4 is 15.4 Å². The minimum atomic E-state index is -0.206. The average molecular weight is 319 g/mol. The van der Waals surface area contributed by atoms with Crippen molar-refractivity contribution in [3.8, 4) is 5.75 Å². The standard InChI is InChI=1S/C19H17N3O2/c1-24-18-9-5-8-16(11-18)21-17-10-14(12-20-13-17)19(23)22-15-6-3-2-4-7-15/h2-13,21H,1H3,(H,22,23). The highest BCUT2D eigenvalue weighted by molar-refractivity contribution is 6.04. The van der Waals surface area contributed by atoms with E-state index < -0.39 is 0 Å². The van der Waals surface area contributed by atoms with E-state index >= 15 is 0 Å². The zero-order valence-electron chi connectivity index (χ0n) is 13.2. The number of rotatable bonds is 5. The number of hydrogen-bond donors (Lipinski definition) is 2. The van der Waals surface area contributed by atoms with Crippen LogP contribution in [-0.2, 0) is 0 Å². The lowest BCUT2D eigenvalue weighted by molar-refractivity contribution is 0.102. The van der Waals surface area contributed by atoms with E-state index in [4.69, 9.17) is 4.74 Å². The van der Waals surface area contributed by atoms with Gasteiger partial charge in [0.2, 0.25) is 0 Å². The van der Waals surface area contributed by atoms with Crippen molar-refractivity contribution >= 4 is 23.0 Å². The molecule has 120 valence electrons. The number of carbonyl (C=O) groups is 1. The molecule has 0 spiro atoms. The highest BCUT2D eigenvalue weighted by Gasteiger charge is 2.08. The maximum absolute atomic E-state index is 12.3. The third kappa shape index (κ3) is 3.89. The van der Waals surface area contributed by atoms with Gasteiger partial charge < -0.3 is 15.4 Å². The zero-order chi connectivity index (χ0) is 16.8. The van der Waals surface area contributed by atoms with Crippen LogP contribution in [0.4, 0.5) is 17.1 Å². The summed E-state index contributed by atoms with van der Waals surface area (Å²) in [4.78, 5) is 16.5. The van der Waals surface area contributed by atoms with Gasteiger partial charge in [-0.3, -0.25) is 9.78 Å². The Morgan fingerprint density at radius 3 is 2.50 bits per heavy atom. The Balaban J connectivity index is 1.75. The SMILES string of the molecule is COc1cccc(Nc2cncc(C(=O)Nc3ccccc3)c2)c1. The molecule has 0 saturated carbocycles. The Morgan fingerprint density at radius 1 is 0.917 bits per heavy atom. The van der Waals surface area contributed by atoms with E-state index in [2.05, 4.69) is 15.6 Å². The second-order valence-corrected chi connectivity index (χ2v) is 5.14. The molecule has 24 heavy (non-hydrogen) atoms. The van der Waals surface area contributed by atoms with Crippen LogP contribution in [0.2, 0.25) is 0 Å². The molecule has 0 radical (unpaired) electrons. The van der Waals surface area contributed by atoms with E-state index in [1.54, 1.807) is 19.4 Å². The maximum atomic E-state index is 12.3. The van der Waals surface area contributed by atoms with Crippen molar-refractivity contribution in [2.75, 3.05) is 17.7 Å². The molecule has 5 heteroatoms. The molecule has 1 amide bonds. The first-order valence-electron chi connectivity index (χ1n) is 7.47. The van der Waals surface area contributed by atoms with Gasteiger partial charge in [-0.1, -0.05) is 24.3 Å². The minimum Gasteiger partial charge on any atom is -0.497 e. The minimum absolute atomic E-state index is 0.206. The molecule has 2 N–H and O–H groups in total. The van der Waals surface area contributed by atoms with Crippen LogP contribution >= 0.6 is 0 Å². The number of pyridine rings is 1. The van der Waals surface area contributed by atoms with E-state index in [1.165, 1.54) is 6.20 Å². The molecule has 0 saturated heterocycles. The van der Waals surface area contributed by atoms with Gasteiger partial charge in [-0.2, -0.15) is 0 Å². The highest BCUT2D eigenvalue weighted by Crippen LogP contribution is 2.21. The predicted octanol–water partition coefficient (Wildman–Crippen LogP) is 4.09. The predicted molar refractivity (Wildman–Crippen MR) is 94.9 cm³/mol. The number of amides is 1. The first kappa shape index (κ1) is 15.6. The van der Waals surface area contributed by atoms with E-state index in [-0.39, 0.29) is 5.91 Å². The number of hydrogen-bond acceptors (Lipinski definition) is 4. The Morgan fingerprint density at radius 2 is 1.71 bits per heavy atom. The van der Waals surface area contributed by atoms with Crippen molar-refractivity contribution in [1.29, 1.82) is 0 Å². The number of ether oxygens (including phenoxy) is 1. The van der Waals surface area contributed by atoms with Crippen LogP contribution in [0.25, 0.3) is 0 Å². The lowest BCUT2D eigenvalue weighted by atomic mass is 10.2. The fourth-order valence-electron chi connectivity index (χ4n) is 2.22. The fourth-order valence-corrected chi connectivity index (χ4v) is 2.22. The third-order valence-electron chi connectivity index (χ3n) is 3.39. The maximum Gasteiger partial charge on any atom is 0.257 e. The summed E-state index contributed by atoms with van der Waals surface area (Å²) in [5.74, 6) is 0.550. The Kier molecular flexibility index (Phi) is 4.72. The molecule has 0 bridgehead atoms. The van der Waals surface area contributed by atoms with Gasteiger partial charge in [0, 0.05) is 23.6 Å². The molecule has 0 aliphatic heterocycles. The lowest BCUT2D eigenvalue weighted by Gasteiger charge is -2.09. The molecular weight excluding hydrogens is 302 g/mol. The molecule has 0 aliphatic rings. The van der Waals surface area contributed by atoms with E-state index in [0.29, 0.717) is 5.56 Å². The number of para-hydroxylation sites is 1. The molecule has 1 aromatic heterocycles. The Bertz CT molecular complexity index is 835. The van der Waals surface area contributed by atoms with Crippen molar-refractivity contribution in [1.82, 2.24) is 4.98 Å². The Hall–Kier alpha value is -3.34. The summed E-state index contributed by atoms with van der Waals surface area (Å²) in [5, 5.41) is 6.06. The second-order valence-electron chi connectivity index (χ2n) is 5.14. The van der Waals surface area contributed by atoms with Crippen molar-refractivity contribution in [3.63, 3.8) is 0 Å². The number of anilines is 3. The van der Waals surface area contributed by atoms with Crippen LogP contribution in [0, 0.1) is 0 Å². The van der Waals surface area contributed by atoms with Crippen molar-refractivity contribution in [3.05, 3.63) is 78.6 Å². The van der Waals surface area contributed by atoms with Crippen LogP contribution in [0.1, 0.15) is 10.4 Å². The summed E-state index contributed by atoms with van der Waals surface area (Å²) in [7, 11) is 1.62.